The molecule has 1 amide bonds. The van der Waals surface area contributed by atoms with Crippen molar-refractivity contribution in [3.63, 3.8) is 0 Å². The monoisotopic (exact) mass is 402 g/mol. The molecule has 0 unspecified atom stereocenters. The lowest BCUT2D eigenvalue weighted by atomic mass is 10.1. The van der Waals surface area contributed by atoms with E-state index in [0.29, 0.717) is 34.1 Å². The van der Waals surface area contributed by atoms with Crippen LogP contribution in [-0.4, -0.2) is 26.0 Å². The third-order valence-electron chi connectivity index (χ3n) is 4.74. The molecular weight excluding hydrogens is 383 g/mol. The molecule has 3 aromatic rings. The van der Waals surface area contributed by atoms with Gasteiger partial charge in [0.15, 0.2) is 5.84 Å². The molecule has 0 aliphatic carbocycles. The number of carbonyl (C=O) groups excluding carboxylic acids is 1. The van der Waals surface area contributed by atoms with Crippen LogP contribution in [0.3, 0.4) is 0 Å². The van der Waals surface area contributed by atoms with Gasteiger partial charge >= 0.3 is 0 Å². The molecule has 3 aromatic carbocycles. The maximum absolute atomic E-state index is 14.2. The van der Waals surface area contributed by atoms with Gasteiger partial charge in [0.2, 0.25) is 0 Å². The molecule has 1 aliphatic heterocycles. The zero-order valence-corrected chi connectivity index (χ0v) is 16.5. The summed E-state index contributed by atoms with van der Waals surface area (Å²) in [6, 6.07) is 20.6. The van der Waals surface area contributed by atoms with Crippen LogP contribution in [0.5, 0.6) is 11.5 Å². The van der Waals surface area contributed by atoms with Crippen molar-refractivity contribution >= 4 is 23.5 Å². The zero-order chi connectivity index (χ0) is 21.1. The number of para-hydroxylation sites is 1. The molecule has 0 spiro atoms. The Morgan fingerprint density at radius 3 is 2.30 bits per heavy atom. The molecule has 0 aromatic heterocycles. The average Bonchev–Trinajstić information content (AvgIpc) is 3.11. The number of carbonyl (C=O) groups is 1. The van der Waals surface area contributed by atoms with Gasteiger partial charge in [-0.05, 0) is 48.5 Å². The minimum Gasteiger partial charge on any atom is -0.497 e. The number of hydrogen-bond donors (Lipinski definition) is 0. The van der Waals surface area contributed by atoms with Gasteiger partial charge in [0.25, 0.3) is 5.91 Å². The average molecular weight is 402 g/mol. The third kappa shape index (κ3) is 3.55. The molecule has 0 bridgehead atoms. The number of methoxy groups -OCH3 is 2. The normalized spacial score (nSPS) is 14.8. The van der Waals surface area contributed by atoms with Crippen LogP contribution in [0.4, 0.5) is 10.1 Å². The smallest absolute Gasteiger partial charge is 0.282 e. The molecule has 30 heavy (non-hydrogen) atoms. The molecule has 4 rings (SSSR count). The topological polar surface area (TPSA) is 51.1 Å². The summed E-state index contributed by atoms with van der Waals surface area (Å²) in [5, 5.41) is 0. The molecule has 150 valence electrons. The highest BCUT2D eigenvalue weighted by atomic mass is 19.1. The highest BCUT2D eigenvalue weighted by Gasteiger charge is 2.34. The van der Waals surface area contributed by atoms with E-state index in [0.717, 1.165) is 0 Å². The fourth-order valence-electron chi connectivity index (χ4n) is 3.24. The number of anilines is 1. The van der Waals surface area contributed by atoms with Crippen molar-refractivity contribution in [3.8, 4) is 11.5 Å². The van der Waals surface area contributed by atoms with Crippen LogP contribution in [-0.2, 0) is 4.79 Å². The van der Waals surface area contributed by atoms with Gasteiger partial charge in [0, 0.05) is 5.56 Å². The second-order valence-electron chi connectivity index (χ2n) is 6.53. The zero-order valence-electron chi connectivity index (χ0n) is 16.5. The number of halogens is 1. The predicted octanol–water partition coefficient (Wildman–Crippen LogP) is 4.68. The van der Waals surface area contributed by atoms with Gasteiger partial charge in [-0.25, -0.2) is 9.38 Å². The summed E-state index contributed by atoms with van der Waals surface area (Å²) in [5.74, 6) is 0.877. The summed E-state index contributed by atoms with van der Waals surface area (Å²) >= 11 is 0. The van der Waals surface area contributed by atoms with Gasteiger partial charge in [-0.2, -0.15) is 0 Å². The Hall–Kier alpha value is -3.93. The minimum atomic E-state index is -0.422. The Kier molecular flexibility index (Phi) is 5.30. The van der Waals surface area contributed by atoms with Gasteiger partial charge in [0.05, 0.1) is 25.5 Å². The number of amidine groups is 1. The van der Waals surface area contributed by atoms with E-state index >= 15 is 0 Å². The van der Waals surface area contributed by atoms with E-state index < -0.39 is 5.82 Å². The van der Waals surface area contributed by atoms with Gasteiger partial charge < -0.3 is 9.47 Å². The molecular formula is C24H19FN2O3. The molecule has 1 aliphatic rings. The molecule has 0 saturated heterocycles. The summed E-state index contributed by atoms with van der Waals surface area (Å²) in [6.45, 7) is 0. The van der Waals surface area contributed by atoms with Crippen LogP contribution < -0.4 is 14.4 Å². The maximum atomic E-state index is 14.2. The van der Waals surface area contributed by atoms with Crippen molar-refractivity contribution < 1.29 is 18.7 Å². The van der Waals surface area contributed by atoms with E-state index in [2.05, 4.69) is 4.99 Å². The van der Waals surface area contributed by atoms with E-state index in [-0.39, 0.29) is 11.6 Å². The molecule has 1 heterocycles. The number of rotatable bonds is 5. The van der Waals surface area contributed by atoms with Crippen molar-refractivity contribution in [2.45, 2.75) is 0 Å². The number of amides is 1. The molecule has 0 N–H and O–H groups in total. The molecule has 0 fully saturated rings. The first kappa shape index (κ1) is 19.4. The van der Waals surface area contributed by atoms with E-state index in [1.54, 1.807) is 62.8 Å². The van der Waals surface area contributed by atoms with Crippen LogP contribution in [0.1, 0.15) is 11.1 Å². The Bertz CT molecular complexity index is 1150. The SMILES string of the molecule is COc1ccc(N2C(=O)/C(=C\c3ccccc3F)N=C2c2ccccc2OC)cc1. The third-order valence-corrected chi connectivity index (χ3v) is 4.74. The Morgan fingerprint density at radius 2 is 1.60 bits per heavy atom. The first-order chi connectivity index (χ1) is 14.6. The summed E-state index contributed by atoms with van der Waals surface area (Å²) in [7, 11) is 3.14. The standard InChI is InChI=1S/C24H19FN2O3/c1-29-18-13-11-17(12-14-18)27-23(19-8-4-6-10-22(19)30-2)26-21(24(27)28)15-16-7-3-5-9-20(16)25/h3-15H,1-2H3/b21-15+. The fourth-order valence-corrected chi connectivity index (χ4v) is 3.24. The van der Waals surface area contributed by atoms with Crippen LogP contribution in [0.2, 0.25) is 0 Å². The predicted molar refractivity (Wildman–Crippen MR) is 114 cm³/mol. The quantitative estimate of drug-likeness (QED) is 0.583. The largest absolute Gasteiger partial charge is 0.497 e. The second-order valence-corrected chi connectivity index (χ2v) is 6.53. The van der Waals surface area contributed by atoms with Crippen molar-refractivity contribution in [1.82, 2.24) is 0 Å². The highest BCUT2D eigenvalue weighted by Crippen LogP contribution is 2.32. The lowest BCUT2D eigenvalue weighted by molar-refractivity contribution is -0.113. The maximum Gasteiger partial charge on any atom is 0.282 e. The van der Waals surface area contributed by atoms with E-state index in [1.165, 1.54) is 17.0 Å². The minimum absolute atomic E-state index is 0.136. The van der Waals surface area contributed by atoms with E-state index in [9.17, 15) is 9.18 Å². The van der Waals surface area contributed by atoms with Gasteiger partial charge in [-0.3, -0.25) is 9.69 Å². The fraction of sp³-hybridized carbons (Fsp3) is 0.0833. The van der Waals surface area contributed by atoms with Gasteiger partial charge in [0.1, 0.15) is 23.0 Å². The van der Waals surface area contributed by atoms with Crippen molar-refractivity contribution in [1.29, 1.82) is 0 Å². The summed E-state index contributed by atoms with van der Waals surface area (Å²) in [6.07, 6.45) is 1.45. The second kappa shape index (κ2) is 8.21. The molecule has 0 radical (unpaired) electrons. The van der Waals surface area contributed by atoms with Crippen molar-refractivity contribution in [2.24, 2.45) is 4.99 Å². The molecule has 6 heteroatoms. The first-order valence-corrected chi connectivity index (χ1v) is 9.29. The van der Waals surface area contributed by atoms with Crippen molar-refractivity contribution in [3.05, 3.63) is 95.4 Å². The lowest BCUT2D eigenvalue weighted by Gasteiger charge is -2.20. The lowest BCUT2D eigenvalue weighted by Crippen LogP contribution is -2.32. The number of aliphatic imine (C=N–C) groups is 1. The highest BCUT2D eigenvalue weighted by molar-refractivity contribution is 6.33. The van der Waals surface area contributed by atoms with Crippen molar-refractivity contribution in [2.75, 3.05) is 19.1 Å². The Morgan fingerprint density at radius 1 is 0.900 bits per heavy atom. The Balaban J connectivity index is 1.86. The van der Waals surface area contributed by atoms with Crippen LogP contribution >= 0.6 is 0 Å². The molecule has 0 atom stereocenters. The Labute approximate surface area is 173 Å². The van der Waals surface area contributed by atoms with Crippen LogP contribution in [0.15, 0.2) is 83.5 Å². The summed E-state index contributed by atoms with van der Waals surface area (Å²) in [4.78, 5) is 19.4. The molecule has 0 saturated carbocycles. The van der Waals surface area contributed by atoms with E-state index in [4.69, 9.17) is 9.47 Å². The number of benzene rings is 3. The van der Waals surface area contributed by atoms with Gasteiger partial charge in [-0.15, -0.1) is 0 Å². The molecule has 5 nitrogen and oxygen atoms in total. The first-order valence-electron chi connectivity index (χ1n) is 9.29. The number of hydrogen-bond acceptors (Lipinski definition) is 4. The number of ether oxygens (including phenoxy) is 2. The van der Waals surface area contributed by atoms with E-state index in [1.807, 2.05) is 18.2 Å². The van der Waals surface area contributed by atoms with Crippen LogP contribution in [0.25, 0.3) is 6.08 Å². The summed E-state index contributed by atoms with van der Waals surface area (Å²) in [5.41, 5.74) is 1.70. The number of nitrogens with zero attached hydrogens (tertiary/aromatic N) is 2. The summed E-state index contributed by atoms with van der Waals surface area (Å²) < 4.78 is 24.8. The van der Waals surface area contributed by atoms with Crippen LogP contribution in [0, 0.1) is 5.82 Å². The van der Waals surface area contributed by atoms with Gasteiger partial charge in [-0.1, -0.05) is 30.3 Å².